The number of carbonyl (C=O) groups excluding carboxylic acids is 3. The maximum Gasteiger partial charge on any atom is 0.509 e. The average Bonchev–Trinajstić information content (AvgIpc) is 3.13. The lowest BCUT2D eigenvalue weighted by Crippen LogP contribution is -2.52. The highest BCUT2D eigenvalue weighted by molar-refractivity contribution is 8.13. The molecule has 1 N–H and O–H groups in total. The minimum absolute atomic E-state index is 0.0329. The van der Waals surface area contributed by atoms with Gasteiger partial charge in [0.1, 0.15) is 11.9 Å². The summed E-state index contributed by atoms with van der Waals surface area (Å²) in [6, 6.07) is 0. The highest BCUT2D eigenvalue weighted by Crippen LogP contribution is 2.51. The Labute approximate surface area is 189 Å². The molecule has 3 aliphatic heterocycles. The molecule has 12 nitrogen and oxygen atoms in total. The third kappa shape index (κ3) is 5.03. The number of fused-ring (bicyclic) bond motifs is 1. The van der Waals surface area contributed by atoms with Gasteiger partial charge in [0.25, 0.3) is 5.91 Å². The molecule has 2 unspecified atom stereocenters. The highest BCUT2D eigenvalue weighted by Gasteiger charge is 2.65. The first-order valence-corrected chi connectivity index (χ1v) is 12.2. The number of carbonyl (C=O) groups is 3. The standard InChI is InChI=1S/C18H26N3O9PS/c1-11-19-14(23)6-7-21(11)16-18(3)15(29-17(24)30-18)13(28-16)10-27-31(25,20(4)5)26-8-9-32-12(2)22/h6-7,13,15-16H,1,8-10H2,2-5H3,(H,19,23)/t13-,15+,16-,18?,31?/m1/s1. The first kappa shape index (κ1) is 24.7. The highest BCUT2D eigenvalue weighted by atomic mass is 32.2. The normalized spacial score (nSPS) is 31.2. The van der Waals surface area contributed by atoms with Gasteiger partial charge in [-0.3, -0.25) is 18.6 Å². The van der Waals surface area contributed by atoms with Gasteiger partial charge in [0, 0.05) is 25.0 Å². The summed E-state index contributed by atoms with van der Waals surface area (Å²) in [5.41, 5.74) is -1.25. The smallest absolute Gasteiger partial charge is 0.424 e. The first-order chi connectivity index (χ1) is 15.0. The number of hydrogen-bond acceptors (Lipinski definition) is 11. The second-order valence-electron chi connectivity index (χ2n) is 7.55. The first-order valence-electron chi connectivity index (χ1n) is 9.68. The Kier molecular flexibility index (Phi) is 7.38. The third-order valence-corrected chi connectivity index (χ3v) is 7.72. The van der Waals surface area contributed by atoms with E-state index in [1.807, 2.05) is 0 Å². The van der Waals surface area contributed by atoms with E-state index in [4.69, 9.17) is 23.3 Å². The van der Waals surface area contributed by atoms with Crippen LogP contribution >= 0.6 is 19.5 Å². The van der Waals surface area contributed by atoms with Crippen LogP contribution in [0.5, 0.6) is 0 Å². The maximum absolute atomic E-state index is 13.1. The molecule has 178 valence electrons. The van der Waals surface area contributed by atoms with Crippen molar-refractivity contribution in [3.63, 3.8) is 0 Å². The fourth-order valence-electron chi connectivity index (χ4n) is 3.44. The van der Waals surface area contributed by atoms with E-state index < -0.39 is 37.9 Å². The van der Waals surface area contributed by atoms with Crippen LogP contribution in [0.1, 0.15) is 13.8 Å². The Balaban J connectivity index is 1.72. The summed E-state index contributed by atoms with van der Waals surface area (Å²) in [5, 5.41) is 2.48. The third-order valence-electron chi connectivity index (χ3n) is 4.98. The van der Waals surface area contributed by atoms with E-state index in [1.54, 1.807) is 6.92 Å². The molecule has 32 heavy (non-hydrogen) atoms. The van der Waals surface area contributed by atoms with Crippen molar-refractivity contribution < 1.29 is 42.2 Å². The summed E-state index contributed by atoms with van der Waals surface area (Å²) >= 11 is 1.05. The molecule has 5 atom stereocenters. The van der Waals surface area contributed by atoms with Gasteiger partial charge in [0.2, 0.25) is 0 Å². The van der Waals surface area contributed by atoms with Crippen molar-refractivity contribution in [2.24, 2.45) is 0 Å². The molecule has 3 rings (SSSR count). The second kappa shape index (κ2) is 9.54. The summed E-state index contributed by atoms with van der Waals surface area (Å²) < 4.78 is 42.3. The van der Waals surface area contributed by atoms with Crippen LogP contribution in [-0.2, 0) is 37.4 Å². The number of hydrogen-bond donors (Lipinski definition) is 1. The lowest BCUT2D eigenvalue weighted by molar-refractivity contribution is -0.122. The van der Waals surface area contributed by atoms with Crippen LogP contribution < -0.4 is 5.32 Å². The zero-order chi connectivity index (χ0) is 23.7. The molecule has 0 aromatic rings. The molecule has 2 saturated heterocycles. The fraction of sp³-hybridized carbons (Fsp3) is 0.611. The van der Waals surface area contributed by atoms with Crippen molar-refractivity contribution in [3.05, 3.63) is 24.7 Å². The topological polar surface area (TPSA) is 133 Å². The summed E-state index contributed by atoms with van der Waals surface area (Å²) in [5.74, 6) is 0.203. The van der Waals surface area contributed by atoms with Gasteiger partial charge in [-0.25, -0.2) is 14.0 Å². The number of rotatable bonds is 9. The van der Waals surface area contributed by atoms with Crippen LogP contribution in [0.3, 0.4) is 0 Å². The predicted molar refractivity (Wildman–Crippen MR) is 113 cm³/mol. The van der Waals surface area contributed by atoms with Crippen molar-refractivity contribution in [2.75, 3.05) is 33.1 Å². The van der Waals surface area contributed by atoms with E-state index in [9.17, 15) is 18.9 Å². The molecule has 0 bridgehead atoms. The van der Waals surface area contributed by atoms with Crippen molar-refractivity contribution >= 4 is 36.7 Å². The van der Waals surface area contributed by atoms with Crippen LogP contribution in [0, 0.1) is 0 Å². The van der Waals surface area contributed by atoms with Crippen LogP contribution in [-0.4, -0.2) is 83.8 Å². The van der Waals surface area contributed by atoms with Crippen molar-refractivity contribution in [2.45, 2.75) is 37.9 Å². The van der Waals surface area contributed by atoms with Crippen molar-refractivity contribution in [1.29, 1.82) is 0 Å². The molecule has 14 heteroatoms. The molecule has 0 aromatic heterocycles. The Morgan fingerprint density at radius 1 is 1.41 bits per heavy atom. The molecule has 0 spiro atoms. The van der Waals surface area contributed by atoms with E-state index >= 15 is 0 Å². The average molecular weight is 491 g/mol. The summed E-state index contributed by atoms with van der Waals surface area (Å²) in [4.78, 5) is 36.0. The van der Waals surface area contributed by atoms with E-state index in [2.05, 4.69) is 11.9 Å². The number of nitrogens with one attached hydrogen (secondary N) is 1. The van der Waals surface area contributed by atoms with Gasteiger partial charge in [0.05, 0.1) is 13.2 Å². The molecule has 1 amide bonds. The zero-order valence-corrected chi connectivity index (χ0v) is 19.9. The molecule has 0 saturated carbocycles. The minimum atomic E-state index is -3.70. The summed E-state index contributed by atoms with van der Waals surface area (Å²) in [6.45, 7) is 6.65. The van der Waals surface area contributed by atoms with Gasteiger partial charge >= 0.3 is 13.9 Å². The Morgan fingerprint density at radius 3 is 2.75 bits per heavy atom. The molecule has 0 radical (unpaired) electrons. The van der Waals surface area contributed by atoms with Crippen LogP contribution in [0.25, 0.3) is 0 Å². The fourth-order valence-corrected chi connectivity index (χ4v) is 5.21. The van der Waals surface area contributed by atoms with Crippen molar-refractivity contribution in [1.82, 2.24) is 14.9 Å². The van der Waals surface area contributed by atoms with Crippen LogP contribution in [0.4, 0.5) is 4.79 Å². The Bertz CT molecular complexity index is 882. The van der Waals surface area contributed by atoms with Gasteiger partial charge in [-0.1, -0.05) is 18.3 Å². The monoisotopic (exact) mass is 491 g/mol. The molecule has 0 aliphatic carbocycles. The van der Waals surface area contributed by atoms with Crippen LogP contribution in [0.2, 0.25) is 0 Å². The lowest BCUT2D eigenvalue weighted by atomic mass is 9.96. The van der Waals surface area contributed by atoms with Crippen LogP contribution in [0.15, 0.2) is 24.7 Å². The summed E-state index contributed by atoms with van der Waals surface area (Å²) in [7, 11) is -0.638. The summed E-state index contributed by atoms with van der Waals surface area (Å²) in [6.07, 6.45) is -0.737. The SMILES string of the molecule is C=C1NC(=O)C=CN1[C@@H]1O[C@H](COP(=O)(OCCSC(C)=O)N(C)C)[C@@H]2OC(=O)OC21C. The second-order valence-corrected chi connectivity index (χ2v) is 11.1. The number of amides is 1. The van der Waals surface area contributed by atoms with Gasteiger partial charge < -0.3 is 24.4 Å². The van der Waals surface area contributed by atoms with Gasteiger partial charge in [-0.15, -0.1) is 0 Å². The van der Waals surface area contributed by atoms with Gasteiger partial charge in [-0.2, -0.15) is 0 Å². The molecular formula is C18H26N3O9PS. The molecule has 3 heterocycles. The molecule has 0 aromatic carbocycles. The van der Waals surface area contributed by atoms with Gasteiger partial charge in [-0.05, 0) is 21.0 Å². The Hall–Kier alpha value is -1.89. The molecular weight excluding hydrogens is 465 g/mol. The lowest BCUT2D eigenvalue weighted by Gasteiger charge is -2.36. The zero-order valence-electron chi connectivity index (χ0n) is 18.1. The number of ether oxygens (including phenoxy) is 3. The number of nitrogens with zero attached hydrogens (tertiary/aromatic N) is 2. The predicted octanol–water partition coefficient (Wildman–Crippen LogP) is 1.40. The Morgan fingerprint density at radius 2 is 2.12 bits per heavy atom. The number of thioether (sulfide) groups is 1. The van der Waals surface area contributed by atoms with Gasteiger partial charge in [0.15, 0.2) is 23.0 Å². The van der Waals surface area contributed by atoms with E-state index in [0.29, 0.717) is 5.75 Å². The molecule has 3 aliphatic rings. The molecule has 2 fully saturated rings. The van der Waals surface area contributed by atoms with E-state index in [-0.39, 0.29) is 30.1 Å². The maximum atomic E-state index is 13.1. The van der Waals surface area contributed by atoms with E-state index in [1.165, 1.54) is 42.9 Å². The largest absolute Gasteiger partial charge is 0.509 e. The quantitative estimate of drug-likeness (QED) is 0.284. The van der Waals surface area contributed by atoms with Crippen molar-refractivity contribution in [3.8, 4) is 0 Å². The van der Waals surface area contributed by atoms with E-state index in [0.717, 1.165) is 11.8 Å². The minimum Gasteiger partial charge on any atom is -0.424 e.